The Hall–Kier alpha value is -2.41. The monoisotopic (exact) mass is 343 g/mol. The van der Waals surface area contributed by atoms with Gasteiger partial charge in [0.1, 0.15) is 12.9 Å². The van der Waals surface area contributed by atoms with Gasteiger partial charge in [-0.2, -0.15) is 0 Å². The first-order valence-corrected chi connectivity index (χ1v) is 8.72. The molecule has 0 radical (unpaired) electrons. The Morgan fingerprint density at radius 3 is 2.92 bits per heavy atom. The molecule has 7 heteroatoms. The highest BCUT2D eigenvalue weighted by Crippen LogP contribution is 2.26. The molecule has 7 nitrogen and oxygen atoms in total. The number of hydrogen-bond acceptors (Lipinski definition) is 6. The Kier molecular flexibility index (Phi) is 4.65. The Morgan fingerprint density at radius 2 is 2.04 bits per heavy atom. The summed E-state index contributed by atoms with van der Waals surface area (Å²) < 4.78 is 17.0. The highest BCUT2D eigenvalue weighted by Gasteiger charge is 2.23. The first-order chi connectivity index (χ1) is 12.3. The SMILES string of the molecule is O=C1NCC2CCC(CC2)OCCOc2cc(ccn2)-c2nc1co2. The van der Waals surface area contributed by atoms with Crippen LogP contribution in [-0.2, 0) is 4.74 Å². The summed E-state index contributed by atoms with van der Waals surface area (Å²) in [7, 11) is 0. The predicted octanol–water partition coefficient (Wildman–Crippen LogP) is 2.43. The summed E-state index contributed by atoms with van der Waals surface area (Å²) in [6.07, 6.45) is 7.44. The normalized spacial score (nSPS) is 24.2. The van der Waals surface area contributed by atoms with Crippen molar-refractivity contribution in [2.45, 2.75) is 31.8 Å². The van der Waals surface area contributed by atoms with Crippen LogP contribution in [-0.4, -0.2) is 41.7 Å². The number of fused-ring (bicyclic) bond motifs is 7. The number of hydrogen-bond donors (Lipinski definition) is 1. The van der Waals surface area contributed by atoms with Crippen molar-refractivity contribution in [2.75, 3.05) is 19.8 Å². The molecule has 25 heavy (non-hydrogen) atoms. The van der Waals surface area contributed by atoms with E-state index in [9.17, 15) is 4.79 Å². The zero-order valence-corrected chi connectivity index (χ0v) is 13.9. The van der Waals surface area contributed by atoms with Crippen molar-refractivity contribution < 1.29 is 18.7 Å². The van der Waals surface area contributed by atoms with Crippen molar-refractivity contribution >= 4 is 5.91 Å². The molecule has 0 aromatic carbocycles. The number of amides is 1. The van der Waals surface area contributed by atoms with E-state index >= 15 is 0 Å². The lowest BCUT2D eigenvalue weighted by atomic mass is 9.87. The summed E-state index contributed by atoms with van der Waals surface area (Å²) in [5.74, 6) is 1.14. The third-order valence-electron chi connectivity index (χ3n) is 4.75. The molecule has 5 rings (SSSR count). The highest BCUT2D eigenvalue weighted by molar-refractivity contribution is 5.92. The molecular formula is C18H21N3O4. The minimum absolute atomic E-state index is 0.205. The molecule has 1 aliphatic carbocycles. The fraction of sp³-hybridized carbons (Fsp3) is 0.500. The zero-order chi connectivity index (χ0) is 17.1. The predicted molar refractivity (Wildman–Crippen MR) is 89.3 cm³/mol. The Bertz CT molecular complexity index is 737. The molecule has 1 saturated carbocycles. The van der Waals surface area contributed by atoms with Gasteiger partial charge in [-0.3, -0.25) is 4.79 Å². The maximum atomic E-state index is 12.3. The molecule has 2 aliphatic heterocycles. The molecular weight excluding hydrogens is 322 g/mol. The summed E-state index contributed by atoms with van der Waals surface area (Å²) in [5, 5.41) is 2.96. The molecule has 132 valence electrons. The molecule has 1 N–H and O–H groups in total. The number of nitrogens with one attached hydrogen (secondary N) is 1. The summed E-state index contributed by atoms with van der Waals surface area (Å²) in [5.41, 5.74) is 1.00. The molecule has 4 heterocycles. The van der Waals surface area contributed by atoms with E-state index in [2.05, 4.69) is 15.3 Å². The molecule has 0 saturated heterocycles. The van der Waals surface area contributed by atoms with Gasteiger partial charge in [-0.05, 0) is 37.7 Å². The van der Waals surface area contributed by atoms with Crippen LogP contribution in [0.3, 0.4) is 0 Å². The molecule has 2 aromatic rings. The van der Waals surface area contributed by atoms with E-state index in [4.69, 9.17) is 13.9 Å². The zero-order valence-electron chi connectivity index (χ0n) is 13.9. The van der Waals surface area contributed by atoms with Gasteiger partial charge in [0.25, 0.3) is 5.91 Å². The van der Waals surface area contributed by atoms with Crippen LogP contribution in [0, 0.1) is 5.92 Å². The summed E-state index contributed by atoms with van der Waals surface area (Å²) >= 11 is 0. The van der Waals surface area contributed by atoms with Crippen molar-refractivity contribution in [3.05, 3.63) is 30.3 Å². The maximum Gasteiger partial charge on any atom is 0.273 e. The Balaban J connectivity index is 1.56. The van der Waals surface area contributed by atoms with Gasteiger partial charge in [-0.25, -0.2) is 9.97 Å². The molecule has 2 aromatic heterocycles. The molecule has 3 aliphatic rings. The number of oxazole rings is 1. The molecule has 0 unspecified atom stereocenters. The lowest BCUT2D eigenvalue weighted by Crippen LogP contribution is -2.33. The van der Waals surface area contributed by atoms with Crippen molar-refractivity contribution in [3.63, 3.8) is 0 Å². The van der Waals surface area contributed by atoms with Crippen LogP contribution >= 0.6 is 0 Å². The molecule has 1 amide bonds. The van der Waals surface area contributed by atoms with E-state index in [1.165, 1.54) is 6.26 Å². The van der Waals surface area contributed by atoms with Crippen LogP contribution in [0.15, 0.2) is 29.0 Å². The van der Waals surface area contributed by atoms with Crippen LogP contribution in [0.2, 0.25) is 0 Å². The number of nitrogens with zero attached hydrogens (tertiary/aromatic N) is 2. The lowest BCUT2D eigenvalue weighted by molar-refractivity contribution is 0.00385. The Labute approximate surface area is 145 Å². The second kappa shape index (κ2) is 7.23. The second-order valence-electron chi connectivity index (χ2n) is 6.49. The Morgan fingerprint density at radius 1 is 1.16 bits per heavy atom. The van der Waals surface area contributed by atoms with E-state index in [0.717, 1.165) is 25.7 Å². The molecule has 1 fully saturated rings. The smallest absolute Gasteiger partial charge is 0.273 e. The van der Waals surface area contributed by atoms with Gasteiger partial charge in [-0.15, -0.1) is 0 Å². The highest BCUT2D eigenvalue weighted by atomic mass is 16.5. The van der Waals surface area contributed by atoms with Gasteiger partial charge < -0.3 is 19.2 Å². The number of carbonyl (C=O) groups excluding carboxylic acids is 1. The largest absolute Gasteiger partial charge is 0.475 e. The van der Waals surface area contributed by atoms with Crippen LogP contribution in [0.4, 0.5) is 0 Å². The molecule has 0 atom stereocenters. The average molecular weight is 343 g/mol. The third kappa shape index (κ3) is 3.82. The minimum Gasteiger partial charge on any atom is -0.475 e. The number of aromatic nitrogens is 2. The number of pyridine rings is 1. The molecule has 0 spiro atoms. The fourth-order valence-corrected chi connectivity index (χ4v) is 3.32. The number of carbonyl (C=O) groups is 1. The fourth-order valence-electron chi connectivity index (χ4n) is 3.32. The van der Waals surface area contributed by atoms with Crippen molar-refractivity contribution in [3.8, 4) is 17.3 Å². The quantitative estimate of drug-likeness (QED) is 0.791. The van der Waals surface area contributed by atoms with Crippen LogP contribution in [0.25, 0.3) is 11.5 Å². The topological polar surface area (TPSA) is 86.5 Å². The lowest BCUT2D eigenvalue weighted by Gasteiger charge is -2.28. The van der Waals surface area contributed by atoms with E-state index in [1.807, 2.05) is 0 Å². The van der Waals surface area contributed by atoms with Gasteiger partial charge >= 0.3 is 0 Å². The van der Waals surface area contributed by atoms with Gasteiger partial charge in [0.05, 0.1) is 12.7 Å². The van der Waals surface area contributed by atoms with Gasteiger partial charge in [0.15, 0.2) is 5.69 Å². The van der Waals surface area contributed by atoms with Crippen molar-refractivity contribution in [1.82, 2.24) is 15.3 Å². The van der Waals surface area contributed by atoms with Crippen molar-refractivity contribution in [2.24, 2.45) is 5.92 Å². The van der Waals surface area contributed by atoms with Gasteiger partial charge in [0, 0.05) is 24.4 Å². The molecule has 6 bridgehead atoms. The number of ether oxygens (including phenoxy) is 2. The van der Waals surface area contributed by atoms with Crippen LogP contribution < -0.4 is 10.1 Å². The summed E-state index contributed by atoms with van der Waals surface area (Å²) in [6, 6.07) is 3.52. The first kappa shape index (κ1) is 16.1. The summed E-state index contributed by atoms with van der Waals surface area (Å²) in [4.78, 5) is 20.8. The van der Waals surface area contributed by atoms with Gasteiger partial charge in [0.2, 0.25) is 11.8 Å². The van der Waals surface area contributed by atoms with E-state index in [0.29, 0.717) is 43.0 Å². The standard InChI is InChI=1S/C18H21N3O4/c22-17-15-11-25-18(21-15)13-5-6-19-16(9-13)24-8-7-23-14-3-1-12(2-4-14)10-20-17/h5-6,9,11-12,14H,1-4,7-8,10H2,(H,20,22). The first-order valence-electron chi connectivity index (χ1n) is 8.72. The van der Waals surface area contributed by atoms with E-state index in [-0.39, 0.29) is 17.7 Å². The van der Waals surface area contributed by atoms with Gasteiger partial charge in [-0.1, -0.05) is 0 Å². The van der Waals surface area contributed by atoms with Crippen LogP contribution in [0.1, 0.15) is 36.2 Å². The maximum absolute atomic E-state index is 12.3. The second-order valence-corrected chi connectivity index (χ2v) is 6.49. The minimum atomic E-state index is -0.205. The van der Waals surface area contributed by atoms with Crippen molar-refractivity contribution in [1.29, 1.82) is 0 Å². The van der Waals surface area contributed by atoms with E-state index in [1.54, 1.807) is 18.3 Å². The van der Waals surface area contributed by atoms with E-state index < -0.39 is 0 Å². The third-order valence-corrected chi connectivity index (χ3v) is 4.75. The van der Waals surface area contributed by atoms with Crippen LogP contribution in [0.5, 0.6) is 5.88 Å². The number of rotatable bonds is 0. The summed E-state index contributed by atoms with van der Waals surface area (Å²) in [6.45, 7) is 1.66. The average Bonchev–Trinajstić information content (AvgIpc) is 3.14.